The van der Waals surface area contributed by atoms with Crippen LogP contribution < -0.4 is 19.5 Å². The Morgan fingerprint density at radius 2 is 1.68 bits per heavy atom. The smallest absolute Gasteiger partial charge is 0.244 e. The molecule has 1 amide bonds. The molecule has 234 valence electrons. The number of sulfonamides is 1. The normalized spacial score (nSPS) is 15.1. The molecule has 1 heterocycles. The standard InChI is InChI=1S/C33H38FN3O6S/c1-42-30-13-14-31(43-2)26(21-30)8-15-32(38)35-29(20-23-4-11-28(12-5-23)36-44(3,40)41)22-37-18-16-25(17-19-37)33(39)24-6-9-27(34)10-7-24/h4-15,21,25,29,36H,16-20,22H2,1-3H3,(H,35,38)/b15-8+. The molecule has 0 radical (unpaired) electrons. The van der Waals surface area contributed by atoms with Gasteiger partial charge >= 0.3 is 0 Å². The molecule has 3 aromatic rings. The Balaban J connectivity index is 1.44. The number of ketones is 1. The number of anilines is 1. The molecular weight excluding hydrogens is 585 g/mol. The molecule has 1 fully saturated rings. The molecule has 1 atom stereocenters. The average molecular weight is 624 g/mol. The number of halogens is 1. The first kappa shape index (κ1) is 32.7. The highest BCUT2D eigenvalue weighted by Crippen LogP contribution is 2.25. The van der Waals surface area contributed by atoms with Crippen molar-refractivity contribution in [2.45, 2.75) is 25.3 Å². The van der Waals surface area contributed by atoms with Gasteiger partial charge in [0.25, 0.3) is 0 Å². The van der Waals surface area contributed by atoms with E-state index in [0.717, 1.165) is 11.8 Å². The van der Waals surface area contributed by atoms with Crippen molar-refractivity contribution in [3.05, 3.63) is 95.3 Å². The van der Waals surface area contributed by atoms with E-state index in [9.17, 15) is 22.4 Å². The van der Waals surface area contributed by atoms with Crippen LogP contribution >= 0.6 is 0 Å². The monoisotopic (exact) mass is 623 g/mol. The quantitative estimate of drug-likeness (QED) is 0.212. The molecule has 2 N–H and O–H groups in total. The van der Waals surface area contributed by atoms with Crippen LogP contribution in [0.15, 0.2) is 72.8 Å². The summed E-state index contributed by atoms with van der Waals surface area (Å²) in [6, 6.07) is 17.8. The fourth-order valence-corrected chi connectivity index (χ4v) is 5.86. The van der Waals surface area contributed by atoms with E-state index in [4.69, 9.17) is 9.47 Å². The van der Waals surface area contributed by atoms with Crippen LogP contribution in [0.2, 0.25) is 0 Å². The number of carbonyl (C=O) groups excluding carboxylic acids is 2. The number of methoxy groups -OCH3 is 2. The largest absolute Gasteiger partial charge is 0.497 e. The van der Waals surface area contributed by atoms with E-state index in [0.29, 0.717) is 67.2 Å². The van der Waals surface area contributed by atoms with E-state index >= 15 is 0 Å². The number of Topliss-reactive ketones (excluding diaryl/α,β-unsaturated/α-hetero) is 1. The van der Waals surface area contributed by atoms with Crippen molar-refractivity contribution in [2.75, 3.05) is 44.8 Å². The Bertz CT molecular complexity index is 1570. The third-order valence-corrected chi connectivity index (χ3v) is 8.11. The van der Waals surface area contributed by atoms with E-state index in [2.05, 4.69) is 14.9 Å². The van der Waals surface area contributed by atoms with E-state index in [-0.39, 0.29) is 29.5 Å². The van der Waals surface area contributed by atoms with Gasteiger partial charge in [0.1, 0.15) is 17.3 Å². The van der Waals surface area contributed by atoms with Crippen molar-refractivity contribution in [2.24, 2.45) is 5.92 Å². The first-order valence-electron chi connectivity index (χ1n) is 14.3. The fourth-order valence-electron chi connectivity index (χ4n) is 5.29. The number of amides is 1. The molecule has 0 aromatic heterocycles. The fraction of sp³-hybridized carbons (Fsp3) is 0.333. The van der Waals surface area contributed by atoms with Crippen molar-refractivity contribution in [3.8, 4) is 11.5 Å². The Kier molecular flexibility index (Phi) is 11.1. The van der Waals surface area contributed by atoms with E-state index in [1.807, 2.05) is 12.1 Å². The van der Waals surface area contributed by atoms with Gasteiger partial charge < -0.3 is 19.7 Å². The molecule has 11 heteroatoms. The van der Waals surface area contributed by atoms with E-state index in [1.54, 1.807) is 50.6 Å². The number of nitrogens with one attached hydrogen (secondary N) is 2. The number of ether oxygens (including phenoxy) is 2. The summed E-state index contributed by atoms with van der Waals surface area (Å²) < 4.78 is 49.6. The summed E-state index contributed by atoms with van der Waals surface area (Å²) in [5.41, 5.74) is 2.60. The molecule has 1 unspecified atom stereocenters. The number of nitrogens with zero attached hydrogens (tertiary/aromatic N) is 1. The average Bonchev–Trinajstić information content (AvgIpc) is 3.00. The summed E-state index contributed by atoms with van der Waals surface area (Å²) in [4.78, 5) is 28.3. The number of hydrogen-bond acceptors (Lipinski definition) is 7. The van der Waals surface area contributed by atoms with Crippen LogP contribution in [0.1, 0.15) is 34.3 Å². The minimum Gasteiger partial charge on any atom is -0.497 e. The van der Waals surface area contributed by atoms with Crippen LogP contribution in [0.4, 0.5) is 10.1 Å². The highest BCUT2D eigenvalue weighted by molar-refractivity contribution is 7.92. The molecule has 1 aliphatic heterocycles. The number of carbonyl (C=O) groups is 2. The second-order valence-electron chi connectivity index (χ2n) is 10.9. The molecule has 0 bridgehead atoms. The first-order valence-corrected chi connectivity index (χ1v) is 16.2. The molecular formula is C33H38FN3O6S. The van der Waals surface area contributed by atoms with Gasteiger partial charge in [-0.25, -0.2) is 12.8 Å². The zero-order chi connectivity index (χ0) is 31.7. The number of piperidine rings is 1. The lowest BCUT2D eigenvalue weighted by atomic mass is 9.88. The minimum atomic E-state index is -3.40. The van der Waals surface area contributed by atoms with Gasteiger partial charge in [-0.1, -0.05) is 12.1 Å². The zero-order valence-electron chi connectivity index (χ0n) is 25.1. The van der Waals surface area contributed by atoms with Gasteiger partial charge in [-0.3, -0.25) is 14.3 Å². The Hall–Kier alpha value is -4.22. The molecule has 0 aliphatic carbocycles. The highest BCUT2D eigenvalue weighted by atomic mass is 32.2. The SMILES string of the molecule is COc1ccc(OC)c(/C=C/C(=O)NC(Cc2ccc(NS(C)(=O)=O)cc2)CN2CCC(C(=O)c3ccc(F)cc3)CC2)c1. The molecule has 0 saturated carbocycles. The molecule has 1 saturated heterocycles. The predicted molar refractivity (Wildman–Crippen MR) is 169 cm³/mol. The Morgan fingerprint density at radius 3 is 2.30 bits per heavy atom. The lowest BCUT2D eigenvalue weighted by Crippen LogP contribution is -2.47. The second-order valence-corrected chi connectivity index (χ2v) is 12.6. The minimum absolute atomic E-state index is 0.0235. The van der Waals surface area contributed by atoms with Crippen molar-refractivity contribution in [1.82, 2.24) is 10.2 Å². The Morgan fingerprint density at radius 1 is 1.00 bits per heavy atom. The summed E-state index contributed by atoms with van der Waals surface area (Å²) in [7, 11) is -0.271. The number of benzene rings is 3. The van der Waals surface area contributed by atoms with Crippen LogP contribution in [0.5, 0.6) is 11.5 Å². The lowest BCUT2D eigenvalue weighted by molar-refractivity contribution is -0.117. The van der Waals surface area contributed by atoms with Crippen LogP contribution in [-0.2, 0) is 21.2 Å². The van der Waals surface area contributed by atoms with Crippen LogP contribution in [0.3, 0.4) is 0 Å². The van der Waals surface area contributed by atoms with Gasteiger partial charge in [0.15, 0.2) is 5.78 Å². The molecule has 44 heavy (non-hydrogen) atoms. The van der Waals surface area contributed by atoms with Crippen molar-refractivity contribution in [3.63, 3.8) is 0 Å². The van der Waals surface area contributed by atoms with Gasteiger partial charge in [-0.2, -0.15) is 0 Å². The number of likely N-dealkylation sites (tertiary alicyclic amines) is 1. The molecule has 4 rings (SSSR count). The van der Waals surface area contributed by atoms with E-state index in [1.165, 1.54) is 30.3 Å². The third-order valence-electron chi connectivity index (χ3n) is 7.50. The third kappa shape index (κ3) is 9.65. The lowest BCUT2D eigenvalue weighted by Gasteiger charge is -2.34. The van der Waals surface area contributed by atoms with Gasteiger partial charge in [0.05, 0.1) is 20.5 Å². The van der Waals surface area contributed by atoms with Gasteiger partial charge in [-0.15, -0.1) is 0 Å². The number of hydrogen-bond donors (Lipinski definition) is 2. The van der Waals surface area contributed by atoms with E-state index < -0.39 is 10.0 Å². The van der Waals surface area contributed by atoms with Gasteiger partial charge in [-0.05, 0) is 98.6 Å². The summed E-state index contributed by atoms with van der Waals surface area (Å²) in [5, 5.41) is 3.11. The van der Waals surface area contributed by atoms with Crippen molar-refractivity contribution in [1.29, 1.82) is 0 Å². The highest BCUT2D eigenvalue weighted by Gasteiger charge is 2.27. The maximum absolute atomic E-state index is 13.3. The Labute approximate surface area is 258 Å². The summed E-state index contributed by atoms with van der Waals surface area (Å²) in [6.07, 6.45) is 6.06. The summed E-state index contributed by atoms with van der Waals surface area (Å²) in [5.74, 6) is 0.474. The predicted octanol–water partition coefficient (Wildman–Crippen LogP) is 4.55. The van der Waals surface area contributed by atoms with Crippen LogP contribution in [-0.4, -0.2) is 71.2 Å². The van der Waals surface area contributed by atoms with Crippen molar-refractivity contribution >= 4 is 33.5 Å². The molecule has 9 nitrogen and oxygen atoms in total. The topological polar surface area (TPSA) is 114 Å². The number of rotatable bonds is 13. The van der Waals surface area contributed by atoms with Gasteiger partial charge in [0.2, 0.25) is 15.9 Å². The van der Waals surface area contributed by atoms with Gasteiger partial charge in [0, 0.05) is 41.4 Å². The van der Waals surface area contributed by atoms with Crippen LogP contribution in [0, 0.1) is 11.7 Å². The van der Waals surface area contributed by atoms with Crippen molar-refractivity contribution < 1.29 is 31.9 Å². The molecule has 1 aliphatic rings. The second kappa shape index (κ2) is 15.0. The zero-order valence-corrected chi connectivity index (χ0v) is 25.9. The first-order chi connectivity index (χ1) is 21.0. The summed E-state index contributed by atoms with van der Waals surface area (Å²) in [6.45, 7) is 1.92. The summed E-state index contributed by atoms with van der Waals surface area (Å²) >= 11 is 0. The molecule has 0 spiro atoms. The maximum Gasteiger partial charge on any atom is 0.244 e. The maximum atomic E-state index is 13.3. The van der Waals surface area contributed by atoms with Crippen LogP contribution in [0.25, 0.3) is 6.08 Å². The molecule has 3 aromatic carbocycles.